The molecule has 1 aromatic carbocycles. The molecule has 1 unspecified atom stereocenters. The zero-order valence-electron chi connectivity index (χ0n) is 10.0. The molecule has 1 nitrogen and oxygen atoms in total. The number of hydrogen-bond acceptors (Lipinski definition) is 1. The van der Waals surface area contributed by atoms with Crippen molar-refractivity contribution < 1.29 is 5.11 Å². The molecule has 15 heavy (non-hydrogen) atoms. The predicted molar refractivity (Wildman–Crippen MR) is 64.8 cm³/mol. The highest BCUT2D eigenvalue weighted by Gasteiger charge is 2.13. The molecule has 0 fully saturated rings. The van der Waals surface area contributed by atoms with Gasteiger partial charge in [-0.25, -0.2) is 0 Å². The van der Waals surface area contributed by atoms with Crippen LogP contribution in [0.4, 0.5) is 0 Å². The summed E-state index contributed by atoms with van der Waals surface area (Å²) in [5, 5.41) is 9.87. The van der Waals surface area contributed by atoms with E-state index in [9.17, 15) is 5.11 Å². The fourth-order valence-electron chi connectivity index (χ4n) is 1.59. The molecule has 0 aromatic heterocycles. The second kappa shape index (κ2) is 5.32. The first-order valence-electron chi connectivity index (χ1n) is 5.69. The molecule has 1 rings (SSSR count). The van der Waals surface area contributed by atoms with Gasteiger partial charge in [-0.2, -0.15) is 0 Å². The van der Waals surface area contributed by atoms with Crippen LogP contribution in [0.5, 0.6) is 0 Å². The van der Waals surface area contributed by atoms with E-state index in [0.29, 0.717) is 5.41 Å². The molecule has 0 aliphatic rings. The van der Waals surface area contributed by atoms with Crippen LogP contribution >= 0.6 is 0 Å². The summed E-state index contributed by atoms with van der Waals surface area (Å²) in [6, 6.07) is 10.2. The maximum absolute atomic E-state index is 9.87. The lowest BCUT2D eigenvalue weighted by Gasteiger charge is -2.20. The van der Waals surface area contributed by atoms with Crippen LogP contribution in [0.15, 0.2) is 30.3 Å². The summed E-state index contributed by atoms with van der Waals surface area (Å²) in [5.74, 6) is 0. The van der Waals surface area contributed by atoms with Gasteiger partial charge in [0.05, 0.1) is 6.10 Å². The molecule has 1 aromatic rings. The van der Waals surface area contributed by atoms with E-state index >= 15 is 0 Å². The number of hydrogen-bond donors (Lipinski definition) is 1. The van der Waals surface area contributed by atoms with Gasteiger partial charge in [-0.1, -0.05) is 51.1 Å². The summed E-state index contributed by atoms with van der Waals surface area (Å²) < 4.78 is 0. The summed E-state index contributed by atoms with van der Waals surface area (Å²) in [4.78, 5) is 0. The third-order valence-corrected chi connectivity index (χ3v) is 2.54. The first-order valence-corrected chi connectivity index (χ1v) is 5.69. The first-order chi connectivity index (χ1) is 6.97. The van der Waals surface area contributed by atoms with E-state index in [1.54, 1.807) is 0 Å². The van der Waals surface area contributed by atoms with Crippen LogP contribution in [-0.4, -0.2) is 11.2 Å². The van der Waals surface area contributed by atoms with Gasteiger partial charge in [-0.15, -0.1) is 0 Å². The minimum Gasteiger partial charge on any atom is -0.393 e. The molecule has 0 radical (unpaired) electrons. The molecular formula is C14H22O. The van der Waals surface area contributed by atoms with E-state index in [1.807, 2.05) is 18.2 Å². The maximum atomic E-state index is 9.87. The minimum atomic E-state index is -0.202. The van der Waals surface area contributed by atoms with Crippen LogP contribution in [0.25, 0.3) is 0 Å². The molecule has 1 N–H and O–H groups in total. The van der Waals surface area contributed by atoms with Gasteiger partial charge >= 0.3 is 0 Å². The van der Waals surface area contributed by atoms with Gasteiger partial charge in [0.15, 0.2) is 0 Å². The topological polar surface area (TPSA) is 20.2 Å². The number of rotatable bonds is 4. The van der Waals surface area contributed by atoms with Gasteiger partial charge in [0.2, 0.25) is 0 Å². The molecule has 0 saturated heterocycles. The van der Waals surface area contributed by atoms with Crippen molar-refractivity contribution >= 4 is 0 Å². The highest BCUT2D eigenvalue weighted by atomic mass is 16.3. The third kappa shape index (κ3) is 5.58. The molecule has 0 spiro atoms. The predicted octanol–water partition coefficient (Wildman–Crippen LogP) is 3.42. The highest BCUT2D eigenvalue weighted by Crippen LogP contribution is 2.22. The van der Waals surface area contributed by atoms with Gasteiger partial charge in [0, 0.05) is 0 Å². The lowest BCUT2D eigenvalue weighted by Crippen LogP contribution is -2.15. The van der Waals surface area contributed by atoms with E-state index in [2.05, 4.69) is 32.9 Å². The van der Waals surface area contributed by atoms with Crippen molar-refractivity contribution in [2.45, 2.75) is 46.1 Å². The quantitative estimate of drug-likeness (QED) is 0.800. The molecule has 0 bridgehead atoms. The molecule has 0 amide bonds. The molecule has 0 saturated carbocycles. The fraction of sp³-hybridized carbons (Fsp3) is 0.571. The minimum absolute atomic E-state index is 0.202. The molecule has 84 valence electrons. The Labute approximate surface area is 93.1 Å². The molecule has 0 heterocycles. The summed E-state index contributed by atoms with van der Waals surface area (Å²) in [6.45, 7) is 6.63. The first kappa shape index (κ1) is 12.3. The van der Waals surface area contributed by atoms with E-state index in [4.69, 9.17) is 0 Å². The lowest BCUT2D eigenvalue weighted by atomic mass is 9.88. The van der Waals surface area contributed by atoms with Gasteiger partial charge in [-0.05, 0) is 30.2 Å². The van der Waals surface area contributed by atoms with E-state index < -0.39 is 0 Å². The summed E-state index contributed by atoms with van der Waals surface area (Å²) in [7, 11) is 0. The van der Waals surface area contributed by atoms with E-state index in [1.165, 1.54) is 5.56 Å². The zero-order valence-corrected chi connectivity index (χ0v) is 10.0. The van der Waals surface area contributed by atoms with Crippen molar-refractivity contribution in [2.75, 3.05) is 0 Å². The largest absolute Gasteiger partial charge is 0.393 e. The van der Waals surface area contributed by atoms with E-state index in [-0.39, 0.29) is 6.10 Å². The number of benzene rings is 1. The number of aliphatic hydroxyl groups excluding tert-OH is 1. The van der Waals surface area contributed by atoms with Gasteiger partial charge in [0.1, 0.15) is 0 Å². The molecular weight excluding hydrogens is 184 g/mol. The second-order valence-electron chi connectivity index (χ2n) is 5.44. The smallest absolute Gasteiger partial charge is 0.0580 e. The Balaban J connectivity index is 2.34. The van der Waals surface area contributed by atoms with Crippen molar-refractivity contribution in [2.24, 2.45) is 5.41 Å². The summed E-state index contributed by atoms with van der Waals surface area (Å²) in [5.41, 5.74) is 1.54. The summed E-state index contributed by atoms with van der Waals surface area (Å²) in [6.07, 6.45) is 2.53. The zero-order chi connectivity index (χ0) is 11.3. The average Bonchev–Trinajstić information content (AvgIpc) is 2.15. The van der Waals surface area contributed by atoms with Crippen molar-refractivity contribution in [3.63, 3.8) is 0 Å². The Morgan fingerprint density at radius 3 is 2.27 bits per heavy atom. The van der Waals surface area contributed by atoms with Crippen LogP contribution in [0.2, 0.25) is 0 Å². The monoisotopic (exact) mass is 206 g/mol. The van der Waals surface area contributed by atoms with E-state index in [0.717, 1.165) is 19.3 Å². The number of aliphatic hydroxyl groups is 1. The lowest BCUT2D eigenvalue weighted by molar-refractivity contribution is 0.146. The van der Waals surface area contributed by atoms with Crippen molar-refractivity contribution in [1.82, 2.24) is 0 Å². The normalized spacial score (nSPS) is 13.9. The van der Waals surface area contributed by atoms with Crippen LogP contribution < -0.4 is 0 Å². The average molecular weight is 206 g/mol. The Kier molecular flexibility index (Phi) is 4.34. The Hall–Kier alpha value is -0.820. The van der Waals surface area contributed by atoms with Crippen LogP contribution in [0.1, 0.15) is 39.2 Å². The molecule has 1 heteroatoms. The maximum Gasteiger partial charge on any atom is 0.0580 e. The highest BCUT2D eigenvalue weighted by molar-refractivity contribution is 5.15. The van der Waals surface area contributed by atoms with Gasteiger partial charge in [0.25, 0.3) is 0 Å². The third-order valence-electron chi connectivity index (χ3n) is 2.54. The summed E-state index contributed by atoms with van der Waals surface area (Å²) >= 11 is 0. The Morgan fingerprint density at radius 2 is 1.73 bits per heavy atom. The van der Waals surface area contributed by atoms with Crippen LogP contribution in [0, 0.1) is 5.41 Å². The SMILES string of the molecule is CC(C)(C)CCC(O)Cc1ccccc1. The second-order valence-corrected chi connectivity index (χ2v) is 5.44. The molecule has 1 atom stereocenters. The Morgan fingerprint density at radius 1 is 1.13 bits per heavy atom. The fourth-order valence-corrected chi connectivity index (χ4v) is 1.59. The Bertz CT molecular complexity index is 271. The van der Waals surface area contributed by atoms with Gasteiger partial charge < -0.3 is 5.11 Å². The van der Waals surface area contributed by atoms with Crippen molar-refractivity contribution in [1.29, 1.82) is 0 Å². The van der Waals surface area contributed by atoms with Crippen LogP contribution in [0.3, 0.4) is 0 Å². The van der Waals surface area contributed by atoms with Crippen molar-refractivity contribution in [3.8, 4) is 0 Å². The molecule has 0 aliphatic heterocycles. The standard InChI is InChI=1S/C14H22O/c1-14(2,3)10-9-13(15)11-12-7-5-4-6-8-12/h4-8,13,15H,9-11H2,1-3H3. The molecule has 0 aliphatic carbocycles. The van der Waals surface area contributed by atoms with Gasteiger partial charge in [-0.3, -0.25) is 0 Å². The van der Waals surface area contributed by atoms with Crippen molar-refractivity contribution in [3.05, 3.63) is 35.9 Å². The van der Waals surface area contributed by atoms with Crippen LogP contribution in [-0.2, 0) is 6.42 Å².